The number of esters is 3. The molecule has 0 amide bonds. The van der Waals surface area contributed by atoms with Crippen LogP contribution < -0.4 is 16.0 Å². The van der Waals surface area contributed by atoms with Gasteiger partial charge in [-0.05, 0) is 59.3 Å². The van der Waals surface area contributed by atoms with Gasteiger partial charge in [-0.2, -0.15) is 0 Å². The summed E-state index contributed by atoms with van der Waals surface area (Å²) < 4.78 is 16.2. The minimum Gasteiger partial charge on any atom is -0.464 e. The van der Waals surface area contributed by atoms with Crippen LogP contribution in [0.5, 0.6) is 0 Å². The molecular weight excluding hydrogens is 606 g/mol. The minimum absolute atomic E-state index is 0.0826. The topological polar surface area (TPSA) is 115 Å². The Morgan fingerprint density at radius 3 is 0.875 bits per heavy atom. The zero-order chi connectivity index (χ0) is 34.9. The highest BCUT2D eigenvalue weighted by atomic mass is 16.5. The van der Waals surface area contributed by atoms with Crippen LogP contribution in [-0.2, 0) is 28.6 Å². The number of hydrogen-bond donors (Lipinski definition) is 3. The zero-order valence-electron chi connectivity index (χ0n) is 31.4. The normalized spacial score (nSPS) is 26.8. The van der Waals surface area contributed by atoms with Crippen molar-refractivity contribution >= 4 is 17.9 Å². The van der Waals surface area contributed by atoms with Crippen molar-refractivity contribution in [3.63, 3.8) is 0 Å². The van der Waals surface area contributed by atoms with Crippen LogP contribution in [0, 0.1) is 0 Å². The molecule has 9 nitrogen and oxygen atoms in total. The molecule has 282 valence electrons. The van der Waals surface area contributed by atoms with E-state index in [2.05, 4.69) is 36.7 Å². The van der Waals surface area contributed by atoms with Crippen LogP contribution in [0.1, 0.15) is 175 Å². The second kappa shape index (κ2) is 32.5. The molecule has 0 saturated carbocycles. The number of ether oxygens (including phenoxy) is 3. The van der Waals surface area contributed by atoms with E-state index in [1.165, 1.54) is 57.8 Å². The van der Waals surface area contributed by atoms with Gasteiger partial charge in [0.15, 0.2) is 0 Å². The molecule has 3 atom stereocenters. The van der Waals surface area contributed by atoms with E-state index in [4.69, 9.17) is 14.2 Å². The second-order valence-corrected chi connectivity index (χ2v) is 14.2. The molecule has 0 radical (unpaired) electrons. The summed E-state index contributed by atoms with van der Waals surface area (Å²) in [4.78, 5) is 36.2. The smallest absolute Gasteiger partial charge is 0.305 e. The maximum Gasteiger partial charge on any atom is 0.305 e. The lowest BCUT2D eigenvalue weighted by molar-refractivity contribution is -0.144. The van der Waals surface area contributed by atoms with Gasteiger partial charge >= 0.3 is 17.9 Å². The van der Waals surface area contributed by atoms with Gasteiger partial charge in [0.25, 0.3) is 0 Å². The third-order valence-electron chi connectivity index (χ3n) is 9.38. The van der Waals surface area contributed by atoms with Crippen molar-refractivity contribution < 1.29 is 28.6 Å². The number of rotatable bonds is 0. The van der Waals surface area contributed by atoms with E-state index in [1.54, 1.807) is 0 Å². The maximum atomic E-state index is 12.1. The Bertz CT molecular complexity index is 683. The molecule has 1 saturated heterocycles. The average molecular weight is 682 g/mol. The molecule has 0 aromatic rings. The van der Waals surface area contributed by atoms with Gasteiger partial charge in [-0.3, -0.25) is 14.4 Å². The largest absolute Gasteiger partial charge is 0.464 e. The summed E-state index contributed by atoms with van der Waals surface area (Å²) in [5.41, 5.74) is 0. The highest BCUT2D eigenvalue weighted by molar-refractivity contribution is 5.69. The van der Waals surface area contributed by atoms with E-state index in [9.17, 15) is 14.4 Å². The number of hydrogen-bond acceptors (Lipinski definition) is 9. The minimum atomic E-state index is -0.0826. The summed E-state index contributed by atoms with van der Waals surface area (Å²) in [6.45, 7) is 10.0. The summed E-state index contributed by atoms with van der Waals surface area (Å²) in [7, 11) is 0. The lowest BCUT2D eigenvalue weighted by Gasteiger charge is -2.14. The average Bonchev–Trinajstić information content (AvgIpc) is 3.06. The van der Waals surface area contributed by atoms with Gasteiger partial charge in [-0.1, -0.05) is 96.3 Å². The number of carbonyl (C=O) groups is 3. The molecule has 1 aliphatic heterocycles. The number of carbonyl (C=O) groups excluding carboxylic acids is 3. The van der Waals surface area contributed by atoms with Crippen molar-refractivity contribution in [2.75, 3.05) is 39.5 Å². The maximum absolute atomic E-state index is 12.1. The van der Waals surface area contributed by atoms with E-state index in [0.29, 0.717) is 76.8 Å². The van der Waals surface area contributed by atoms with E-state index in [0.717, 1.165) is 77.0 Å². The molecule has 1 rings (SSSR count). The van der Waals surface area contributed by atoms with Crippen molar-refractivity contribution in [1.82, 2.24) is 16.0 Å². The molecule has 1 fully saturated rings. The van der Waals surface area contributed by atoms with Crippen LogP contribution in [0.4, 0.5) is 0 Å². The molecule has 1 unspecified atom stereocenters. The van der Waals surface area contributed by atoms with Crippen molar-refractivity contribution in [3.8, 4) is 0 Å². The van der Waals surface area contributed by atoms with Gasteiger partial charge in [0.05, 0.1) is 0 Å². The molecule has 0 aromatic carbocycles. The Hall–Kier alpha value is -1.71. The van der Waals surface area contributed by atoms with Crippen LogP contribution in [-0.4, -0.2) is 75.5 Å². The summed E-state index contributed by atoms with van der Waals surface area (Å²) >= 11 is 0. The number of nitrogens with one attached hydrogen (secondary N) is 3. The summed E-state index contributed by atoms with van der Waals surface area (Å²) in [6.07, 6.45) is 25.2. The second-order valence-electron chi connectivity index (χ2n) is 14.2. The number of cyclic esters (lactones) is 3. The van der Waals surface area contributed by atoms with Crippen molar-refractivity contribution in [3.05, 3.63) is 0 Å². The Balaban J connectivity index is 2.26. The molecule has 9 heteroatoms. The standard InChI is InChI=1S/C39H75N3O6/c1-34-22-16-10-4-7-13-19-26-38(44)47-32-29-41-36(3)24-18-12-6-9-15-21-27-39(45)48-33-30-42-35(2)23-17-11-5-8-14-20-25-37(43)46-31-28-40-34/h34-36,40-42H,4-33H2,1-3H3/t34-,35-,36?/m1/s1. The molecular formula is C39H75N3O6. The lowest BCUT2D eigenvalue weighted by atomic mass is 10.1. The highest BCUT2D eigenvalue weighted by Crippen LogP contribution is 2.13. The lowest BCUT2D eigenvalue weighted by Crippen LogP contribution is -2.30. The van der Waals surface area contributed by atoms with Crippen molar-refractivity contribution in [2.24, 2.45) is 0 Å². The Morgan fingerprint density at radius 1 is 0.375 bits per heavy atom. The monoisotopic (exact) mass is 682 g/mol. The molecule has 0 spiro atoms. The molecule has 48 heavy (non-hydrogen) atoms. The molecule has 1 aliphatic rings. The predicted octanol–water partition coefficient (Wildman–Crippen LogP) is 7.93. The summed E-state index contributed by atoms with van der Waals surface area (Å²) in [5, 5.41) is 10.4. The van der Waals surface area contributed by atoms with Crippen LogP contribution >= 0.6 is 0 Å². The van der Waals surface area contributed by atoms with Gasteiger partial charge in [0.1, 0.15) is 19.8 Å². The fraction of sp³-hybridized carbons (Fsp3) is 0.923. The third kappa shape index (κ3) is 30.4. The quantitative estimate of drug-likeness (QED) is 0.173. The molecule has 0 bridgehead atoms. The fourth-order valence-electron chi connectivity index (χ4n) is 6.21. The third-order valence-corrected chi connectivity index (χ3v) is 9.38. The summed E-state index contributed by atoms with van der Waals surface area (Å²) in [5.74, 6) is -0.248. The van der Waals surface area contributed by atoms with Crippen LogP contribution in [0.15, 0.2) is 0 Å². The van der Waals surface area contributed by atoms with Gasteiger partial charge in [0, 0.05) is 57.0 Å². The first-order valence-electron chi connectivity index (χ1n) is 20.0. The van der Waals surface area contributed by atoms with Crippen LogP contribution in [0.2, 0.25) is 0 Å². The SMILES string of the molecule is CC1CCCCCCCCC(=O)OCCN[C@H](C)CCCCCCCCC(=O)OCCN[C@H](C)CCCCCCCCC(=O)OCCN1. The predicted molar refractivity (Wildman–Crippen MR) is 196 cm³/mol. The molecule has 3 N–H and O–H groups in total. The van der Waals surface area contributed by atoms with Crippen molar-refractivity contribution in [2.45, 2.75) is 193 Å². The van der Waals surface area contributed by atoms with E-state index >= 15 is 0 Å². The first kappa shape index (κ1) is 44.3. The Kier molecular flexibility index (Phi) is 30.0. The van der Waals surface area contributed by atoms with E-state index < -0.39 is 0 Å². The first-order valence-corrected chi connectivity index (χ1v) is 20.0. The molecule has 1 heterocycles. The van der Waals surface area contributed by atoms with Gasteiger partial charge < -0.3 is 30.2 Å². The Morgan fingerprint density at radius 2 is 0.604 bits per heavy atom. The van der Waals surface area contributed by atoms with Gasteiger partial charge in [-0.25, -0.2) is 0 Å². The zero-order valence-corrected chi connectivity index (χ0v) is 31.4. The van der Waals surface area contributed by atoms with Gasteiger partial charge in [-0.15, -0.1) is 0 Å². The van der Waals surface area contributed by atoms with E-state index in [-0.39, 0.29) is 17.9 Å². The Labute approximate surface area is 294 Å². The molecule has 0 aliphatic carbocycles. The highest BCUT2D eigenvalue weighted by Gasteiger charge is 2.08. The van der Waals surface area contributed by atoms with Crippen LogP contribution in [0.25, 0.3) is 0 Å². The fourth-order valence-corrected chi connectivity index (χ4v) is 6.21. The summed E-state index contributed by atoms with van der Waals surface area (Å²) in [6, 6.07) is 1.26. The van der Waals surface area contributed by atoms with Crippen LogP contribution in [0.3, 0.4) is 0 Å². The van der Waals surface area contributed by atoms with Crippen molar-refractivity contribution in [1.29, 1.82) is 0 Å². The van der Waals surface area contributed by atoms with Gasteiger partial charge in [0.2, 0.25) is 0 Å². The molecule has 0 aromatic heterocycles. The first-order chi connectivity index (χ1) is 23.4. The van der Waals surface area contributed by atoms with E-state index in [1.807, 2.05) is 0 Å².